The van der Waals surface area contributed by atoms with Gasteiger partial charge in [-0.05, 0) is 41.8 Å². The van der Waals surface area contributed by atoms with Crippen LogP contribution in [-0.4, -0.2) is 46.5 Å². The molecule has 4 aromatic rings. The molecule has 0 saturated heterocycles. The summed E-state index contributed by atoms with van der Waals surface area (Å²) in [5, 5.41) is 10.8. The number of hydrogen-bond acceptors (Lipinski definition) is 7. The van der Waals surface area contributed by atoms with E-state index in [2.05, 4.69) is 39.8 Å². The summed E-state index contributed by atoms with van der Waals surface area (Å²) in [6.45, 7) is 4.82. The van der Waals surface area contributed by atoms with Gasteiger partial charge < -0.3 is 24.8 Å². The van der Waals surface area contributed by atoms with Crippen molar-refractivity contribution in [2.75, 3.05) is 25.1 Å². The highest BCUT2D eigenvalue weighted by Crippen LogP contribution is 2.31. The first-order valence-corrected chi connectivity index (χ1v) is 13.3. The average Bonchev–Trinajstić information content (AvgIpc) is 3.64. The Kier molecular flexibility index (Phi) is 7.03. The first-order chi connectivity index (χ1) is 19.2. The third-order valence-corrected chi connectivity index (χ3v) is 6.83. The predicted octanol–water partition coefficient (Wildman–Crippen LogP) is 4.47. The van der Waals surface area contributed by atoms with Crippen LogP contribution in [0.1, 0.15) is 34.8 Å². The van der Waals surface area contributed by atoms with Crippen LogP contribution in [0.25, 0.3) is 11.1 Å². The Morgan fingerprint density at radius 2 is 1.95 bits per heavy atom. The Morgan fingerprint density at radius 3 is 2.85 bits per heavy atom. The number of ether oxygens (including phenoxy) is 3. The van der Waals surface area contributed by atoms with Crippen molar-refractivity contribution >= 4 is 11.7 Å². The number of carbonyl (C=O) groups is 1. The molecule has 0 saturated carbocycles. The van der Waals surface area contributed by atoms with Crippen LogP contribution >= 0.6 is 0 Å². The van der Waals surface area contributed by atoms with Gasteiger partial charge in [0, 0.05) is 43.0 Å². The summed E-state index contributed by atoms with van der Waals surface area (Å²) in [4.78, 5) is 18.1. The maximum atomic E-state index is 13.5. The van der Waals surface area contributed by atoms with Gasteiger partial charge in [-0.15, -0.1) is 0 Å². The molecular weight excluding hydrogens is 494 g/mol. The van der Waals surface area contributed by atoms with E-state index in [1.807, 2.05) is 47.3 Å². The highest BCUT2D eigenvalue weighted by molar-refractivity contribution is 5.99. The summed E-state index contributed by atoms with van der Waals surface area (Å²) >= 11 is 0. The number of anilines is 1. The lowest BCUT2D eigenvalue weighted by Gasteiger charge is -2.26. The lowest BCUT2D eigenvalue weighted by Crippen LogP contribution is -2.41. The van der Waals surface area contributed by atoms with Crippen LogP contribution in [-0.2, 0) is 19.5 Å². The highest BCUT2D eigenvalue weighted by Gasteiger charge is 2.23. The number of carbonyl (C=O) groups excluding carboxylic acids is 1. The lowest BCUT2D eigenvalue weighted by atomic mass is 10.1. The Balaban J connectivity index is 1.20. The van der Waals surface area contributed by atoms with Crippen molar-refractivity contribution in [1.29, 1.82) is 0 Å². The molecule has 0 spiro atoms. The molecule has 2 N–H and O–H groups in total. The number of hydrogen-bond donors (Lipinski definition) is 2. The quantitative estimate of drug-likeness (QED) is 0.333. The SMILES string of the molecule is CCCn1cc(-c2cnc(NCc3ccc4c(c3)OCC4)c(C(=O)NCC3COc4ccccc4O3)c2)cn1. The fourth-order valence-electron chi connectivity index (χ4n) is 4.77. The zero-order chi connectivity index (χ0) is 26.6. The Labute approximate surface area is 227 Å². The first kappa shape index (κ1) is 24.8. The maximum absolute atomic E-state index is 13.5. The van der Waals surface area contributed by atoms with Crippen LogP contribution < -0.4 is 24.8 Å². The van der Waals surface area contributed by atoms with Crippen molar-refractivity contribution in [3.05, 3.63) is 83.8 Å². The summed E-state index contributed by atoms with van der Waals surface area (Å²) in [7, 11) is 0. The minimum atomic E-state index is -0.296. The van der Waals surface area contributed by atoms with Gasteiger partial charge in [-0.1, -0.05) is 31.2 Å². The molecule has 9 heteroatoms. The number of aromatic nitrogens is 3. The van der Waals surface area contributed by atoms with Crippen molar-refractivity contribution in [3.8, 4) is 28.4 Å². The van der Waals surface area contributed by atoms with E-state index < -0.39 is 0 Å². The van der Waals surface area contributed by atoms with Crippen LogP contribution in [0.4, 0.5) is 5.82 Å². The monoisotopic (exact) mass is 525 g/mol. The summed E-state index contributed by atoms with van der Waals surface area (Å²) in [6, 6.07) is 15.6. The number of rotatable bonds is 9. The van der Waals surface area contributed by atoms with Gasteiger partial charge in [0.25, 0.3) is 5.91 Å². The molecule has 2 aliphatic rings. The number of nitrogens with one attached hydrogen (secondary N) is 2. The fraction of sp³-hybridized carbons (Fsp3) is 0.300. The van der Waals surface area contributed by atoms with Gasteiger partial charge in [-0.3, -0.25) is 9.48 Å². The zero-order valence-electron chi connectivity index (χ0n) is 21.9. The molecular formula is C30H31N5O4. The van der Waals surface area contributed by atoms with Crippen LogP contribution in [0.15, 0.2) is 67.1 Å². The largest absolute Gasteiger partial charge is 0.493 e. The number of nitrogens with zero attached hydrogens (tertiary/aromatic N) is 3. The van der Waals surface area contributed by atoms with E-state index >= 15 is 0 Å². The topological polar surface area (TPSA) is 99.5 Å². The van der Waals surface area contributed by atoms with Crippen LogP contribution in [0.2, 0.25) is 0 Å². The molecule has 0 radical (unpaired) electrons. The normalized spacial score (nSPS) is 15.4. The van der Waals surface area contributed by atoms with E-state index in [-0.39, 0.29) is 12.0 Å². The zero-order valence-corrected chi connectivity index (χ0v) is 21.9. The van der Waals surface area contributed by atoms with E-state index in [9.17, 15) is 4.79 Å². The molecule has 1 atom stereocenters. The number of aryl methyl sites for hydroxylation is 1. The molecule has 0 fully saturated rings. The standard InChI is InChI=1S/C30H31N5O4/c1-2-10-35-18-23(16-34-35)22-13-25(30(36)33-17-24-19-38-26-5-3-4-6-27(26)39-24)29(32-15-22)31-14-20-7-8-21-9-11-37-28(21)12-20/h3-8,12-13,15-16,18,24H,2,9-11,14,17,19H2,1H3,(H,31,32)(H,33,36). The molecule has 4 heterocycles. The molecule has 0 aliphatic carbocycles. The molecule has 1 unspecified atom stereocenters. The van der Waals surface area contributed by atoms with Crippen molar-refractivity contribution in [3.63, 3.8) is 0 Å². The van der Waals surface area contributed by atoms with Crippen molar-refractivity contribution in [1.82, 2.24) is 20.1 Å². The molecule has 0 bridgehead atoms. The first-order valence-electron chi connectivity index (χ1n) is 13.3. The summed E-state index contributed by atoms with van der Waals surface area (Å²) in [5.74, 6) is 2.58. The molecule has 6 rings (SSSR count). The highest BCUT2D eigenvalue weighted by atomic mass is 16.6. The Bertz CT molecular complexity index is 1480. The van der Waals surface area contributed by atoms with E-state index in [4.69, 9.17) is 14.2 Å². The van der Waals surface area contributed by atoms with Crippen molar-refractivity contribution in [2.24, 2.45) is 0 Å². The molecule has 39 heavy (non-hydrogen) atoms. The van der Waals surface area contributed by atoms with Crippen LogP contribution in [0.5, 0.6) is 17.2 Å². The Morgan fingerprint density at radius 1 is 1.05 bits per heavy atom. The van der Waals surface area contributed by atoms with Crippen molar-refractivity contribution in [2.45, 2.75) is 39.0 Å². The van der Waals surface area contributed by atoms with Gasteiger partial charge in [0.1, 0.15) is 24.3 Å². The molecule has 2 aliphatic heterocycles. The molecule has 9 nitrogen and oxygen atoms in total. The third-order valence-electron chi connectivity index (χ3n) is 6.83. The van der Waals surface area contributed by atoms with E-state index in [0.29, 0.717) is 42.6 Å². The summed E-state index contributed by atoms with van der Waals surface area (Å²) in [6.07, 6.45) is 7.18. The lowest BCUT2D eigenvalue weighted by molar-refractivity contribution is 0.0789. The second-order valence-electron chi connectivity index (χ2n) is 9.71. The fourth-order valence-corrected chi connectivity index (χ4v) is 4.77. The second kappa shape index (κ2) is 11.1. The summed E-state index contributed by atoms with van der Waals surface area (Å²) in [5.41, 5.74) is 4.46. The van der Waals surface area contributed by atoms with Gasteiger partial charge in [0.15, 0.2) is 11.5 Å². The van der Waals surface area contributed by atoms with Gasteiger partial charge >= 0.3 is 0 Å². The number of pyridine rings is 1. The molecule has 200 valence electrons. The smallest absolute Gasteiger partial charge is 0.255 e. The number of fused-ring (bicyclic) bond motifs is 2. The minimum absolute atomic E-state index is 0.243. The van der Waals surface area contributed by atoms with Crippen LogP contribution in [0.3, 0.4) is 0 Å². The number of amides is 1. The van der Waals surface area contributed by atoms with Crippen LogP contribution in [0, 0.1) is 0 Å². The van der Waals surface area contributed by atoms with E-state index in [1.165, 1.54) is 5.56 Å². The number of para-hydroxylation sites is 2. The van der Waals surface area contributed by atoms with E-state index in [1.54, 1.807) is 12.4 Å². The molecule has 2 aromatic carbocycles. The molecule has 2 aromatic heterocycles. The summed E-state index contributed by atoms with van der Waals surface area (Å²) < 4.78 is 19.4. The Hall–Kier alpha value is -4.53. The number of benzene rings is 2. The maximum Gasteiger partial charge on any atom is 0.255 e. The van der Waals surface area contributed by atoms with Gasteiger partial charge in [-0.2, -0.15) is 5.10 Å². The predicted molar refractivity (Wildman–Crippen MR) is 147 cm³/mol. The second-order valence-corrected chi connectivity index (χ2v) is 9.71. The van der Waals surface area contributed by atoms with E-state index in [0.717, 1.165) is 48.4 Å². The van der Waals surface area contributed by atoms with Gasteiger partial charge in [-0.25, -0.2) is 4.98 Å². The molecule has 1 amide bonds. The third kappa shape index (κ3) is 5.52. The van der Waals surface area contributed by atoms with Gasteiger partial charge in [0.2, 0.25) is 0 Å². The average molecular weight is 526 g/mol. The van der Waals surface area contributed by atoms with Gasteiger partial charge in [0.05, 0.1) is 24.9 Å². The minimum Gasteiger partial charge on any atom is -0.493 e. The van der Waals surface area contributed by atoms with Crippen molar-refractivity contribution < 1.29 is 19.0 Å².